The van der Waals surface area contributed by atoms with Gasteiger partial charge in [0.05, 0.1) is 5.69 Å². The molecule has 1 aliphatic rings. The van der Waals surface area contributed by atoms with Crippen LogP contribution in [-0.4, -0.2) is 16.9 Å². The number of hydrogen-bond donors (Lipinski definition) is 0. The fourth-order valence-electron chi connectivity index (χ4n) is 1.70. The van der Waals surface area contributed by atoms with E-state index in [1.54, 1.807) is 0 Å². The molecule has 16 heavy (non-hydrogen) atoms. The molecular weight excluding hydrogens is 219 g/mol. The number of carbonyl (C=O) groups is 1. The molecule has 0 amide bonds. The van der Waals surface area contributed by atoms with Gasteiger partial charge < -0.3 is 0 Å². The average Bonchev–Trinajstić information content (AvgIpc) is 2.97. The van der Waals surface area contributed by atoms with Crippen LogP contribution in [0.2, 0.25) is 0 Å². The van der Waals surface area contributed by atoms with Crippen LogP contribution in [0.3, 0.4) is 0 Å². The Morgan fingerprint density at radius 1 is 1.38 bits per heavy atom. The highest BCUT2D eigenvalue weighted by molar-refractivity contribution is 5.93. The molecule has 0 unspecified atom stereocenters. The van der Waals surface area contributed by atoms with Crippen LogP contribution in [0.1, 0.15) is 35.8 Å². The predicted octanol–water partition coefficient (Wildman–Crippen LogP) is 2.88. The second-order valence-electron chi connectivity index (χ2n) is 4.07. The number of rotatable bonds is 2. The lowest BCUT2D eigenvalue weighted by Crippen LogP contribution is -2.29. The van der Waals surface area contributed by atoms with Gasteiger partial charge in [-0.2, -0.15) is 13.2 Å². The highest BCUT2D eigenvalue weighted by Gasteiger charge is 2.65. The summed E-state index contributed by atoms with van der Waals surface area (Å²) >= 11 is 0. The fraction of sp³-hybridized carbons (Fsp3) is 0.455. The number of hydrogen-bond acceptors (Lipinski definition) is 2. The first kappa shape index (κ1) is 11.1. The number of nitrogens with zero attached hydrogens (tertiary/aromatic N) is 1. The number of Topliss-reactive ketones (excluding diaryl/α,β-unsaturated/α-hetero) is 1. The van der Waals surface area contributed by atoms with Crippen LogP contribution in [-0.2, 0) is 5.41 Å². The molecule has 0 aliphatic heterocycles. The van der Waals surface area contributed by atoms with Crippen LogP contribution in [0.4, 0.5) is 13.2 Å². The molecule has 1 fully saturated rings. The summed E-state index contributed by atoms with van der Waals surface area (Å²) in [4.78, 5) is 14.7. The molecule has 0 aromatic carbocycles. The zero-order chi connectivity index (χ0) is 12.0. The molecule has 5 heteroatoms. The van der Waals surface area contributed by atoms with E-state index in [0.717, 1.165) is 0 Å². The summed E-state index contributed by atoms with van der Waals surface area (Å²) in [6, 6.07) is 2.70. The number of aromatic nitrogens is 1. The van der Waals surface area contributed by atoms with E-state index in [1.165, 1.54) is 25.3 Å². The van der Waals surface area contributed by atoms with Gasteiger partial charge >= 0.3 is 6.18 Å². The molecule has 2 rings (SSSR count). The van der Waals surface area contributed by atoms with Crippen molar-refractivity contribution >= 4 is 5.78 Å². The molecule has 86 valence electrons. The summed E-state index contributed by atoms with van der Waals surface area (Å²) in [5.41, 5.74) is -1.41. The third-order valence-corrected chi connectivity index (χ3v) is 2.95. The van der Waals surface area contributed by atoms with Crippen molar-refractivity contribution in [3.63, 3.8) is 0 Å². The van der Waals surface area contributed by atoms with Crippen LogP contribution in [0.15, 0.2) is 18.3 Å². The molecule has 2 nitrogen and oxygen atoms in total. The van der Waals surface area contributed by atoms with Gasteiger partial charge in [0.15, 0.2) is 5.78 Å². The minimum Gasteiger partial charge on any atom is -0.294 e. The van der Waals surface area contributed by atoms with Gasteiger partial charge in [-0.05, 0) is 31.9 Å². The summed E-state index contributed by atoms with van der Waals surface area (Å²) < 4.78 is 38.2. The van der Waals surface area contributed by atoms with Crippen LogP contribution < -0.4 is 0 Å². The number of pyridine rings is 1. The Labute approximate surface area is 90.5 Å². The molecule has 1 aliphatic carbocycles. The zero-order valence-electron chi connectivity index (χ0n) is 8.64. The maximum absolute atomic E-state index is 12.7. The lowest BCUT2D eigenvalue weighted by Gasteiger charge is -2.18. The van der Waals surface area contributed by atoms with Crippen molar-refractivity contribution in [1.82, 2.24) is 4.98 Å². The normalized spacial score (nSPS) is 18.2. The highest BCUT2D eigenvalue weighted by Crippen LogP contribution is 2.58. The van der Waals surface area contributed by atoms with Gasteiger partial charge in [0.25, 0.3) is 0 Å². The van der Waals surface area contributed by atoms with E-state index in [0.29, 0.717) is 5.56 Å². The van der Waals surface area contributed by atoms with Gasteiger partial charge in [-0.15, -0.1) is 0 Å². The maximum atomic E-state index is 12.7. The van der Waals surface area contributed by atoms with Gasteiger partial charge in [-0.1, -0.05) is 0 Å². The summed E-state index contributed by atoms with van der Waals surface area (Å²) in [6.45, 7) is 1.35. The number of halogens is 3. The number of ketones is 1. The molecule has 1 aromatic heterocycles. The third-order valence-electron chi connectivity index (χ3n) is 2.95. The van der Waals surface area contributed by atoms with Crippen LogP contribution >= 0.6 is 0 Å². The lowest BCUT2D eigenvalue weighted by molar-refractivity contribution is -0.161. The topological polar surface area (TPSA) is 30.0 Å². The largest absolute Gasteiger partial charge is 0.399 e. The second kappa shape index (κ2) is 3.30. The van der Waals surface area contributed by atoms with Crippen molar-refractivity contribution in [2.45, 2.75) is 31.4 Å². The van der Waals surface area contributed by atoms with Gasteiger partial charge in [-0.25, -0.2) is 0 Å². The van der Waals surface area contributed by atoms with Gasteiger partial charge in [0.2, 0.25) is 0 Å². The molecular formula is C11H10F3NO. The Kier molecular flexibility index (Phi) is 2.29. The van der Waals surface area contributed by atoms with Crippen molar-refractivity contribution < 1.29 is 18.0 Å². The standard InChI is InChI=1S/C11H10F3NO/c1-7(16)8-2-3-9(15-6-8)10(4-5-10)11(12,13)14/h2-3,6H,4-5H2,1H3. The minimum absolute atomic E-state index is 0.0185. The minimum atomic E-state index is -4.25. The van der Waals surface area contributed by atoms with Crippen molar-refractivity contribution in [2.75, 3.05) is 0 Å². The lowest BCUT2D eigenvalue weighted by atomic mass is 10.0. The number of alkyl halides is 3. The summed E-state index contributed by atoms with van der Waals surface area (Å²) in [7, 11) is 0. The SMILES string of the molecule is CC(=O)c1ccc(C2(C(F)(F)F)CC2)nc1. The quantitative estimate of drug-likeness (QED) is 0.730. The molecule has 0 bridgehead atoms. The van der Waals surface area contributed by atoms with Crippen LogP contribution in [0.25, 0.3) is 0 Å². The van der Waals surface area contributed by atoms with E-state index in [4.69, 9.17) is 0 Å². The van der Waals surface area contributed by atoms with Crippen molar-refractivity contribution in [1.29, 1.82) is 0 Å². The van der Waals surface area contributed by atoms with E-state index in [9.17, 15) is 18.0 Å². The number of carbonyl (C=O) groups excluding carboxylic acids is 1. The highest BCUT2D eigenvalue weighted by atomic mass is 19.4. The van der Waals surface area contributed by atoms with Crippen LogP contribution in [0, 0.1) is 0 Å². The molecule has 0 N–H and O–H groups in total. The molecule has 0 saturated heterocycles. The van der Waals surface area contributed by atoms with E-state index in [-0.39, 0.29) is 24.3 Å². The Hall–Kier alpha value is -1.39. The third kappa shape index (κ3) is 1.60. The second-order valence-corrected chi connectivity index (χ2v) is 4.07. The van der Waals surface area contributed by atoms with E-state index in [1.807, 2.05) is 0 Å². The van der Waals surface area contributed by atoms with Crippen LogP contribution in [0.5, 0.6) is 0 Å². The van der Waals surface area contributed by atoms with E-state index in [2.05, 4.69) is 4.98 Å². The Morgan fingerprint density at radius 2 is 2.00 bits per heavy atom. The zero-order valence-corrected chi connectivity index (χ0v) is 8.64. The Bertz CT molecular complexity index is 418. The summed E-state index contributed by atoms with van der Waals surface area (Å²) in [5.74, 6) is -0.198. The van der Waals surface area contributed by atoms with Crippen molar-refractivity contribution in [3.05, 3.63) is 29.6 Å². The monoisotopic (exact) mass is 229 g/mol. The molecule has 0 atom stereocenters. The molecule has 0 spiro atoms. The molecule has 1 aromatic rings. The predicted molar refractivity (Wildman–Crippen MR) is 51.2 cm³/mol. The molecule has 1 saturated carbocycles. The first-order valence-electron chi connectivity index (χ1n) is 4.91. The molecule has 1 heterocycles. The van der Waals surface area contributed by atoms with Gasteiger partial charge in [-0.3, -0.25) is 9.78 Å². The van der Waals surface area contributed by atoms with E-state index >= 15 is 0 Å². The maximum Gasteiger partial charge on any atom is 0.399 e. The van der Waals surface area contributed by atoms with E-state index < -0.39 is 11.6 Å². The smallest absolute Gasteiger partial charge is 0.294 e. The molecule has 0 radical (unpaired) electrons. The summed E-state index contributed by atoms with van der Waals surface area (Å²) in [6.07, 6.45) is -2.87. The Morgan fingerprint density at radius 3 is 2.31 bits per heavy atom. The van der Waals surface area contributed by atoms with Crippen molar-refractivity contribution in [3.8, 4) is 0 Å². The fourth-order valence-corrected chi connectivity index (χ4v) is 1.70. The van der Waals surface area contributed by atoms with Gasteiger partial charge in [0, 0.05) is 11.8 Å². The summed E-state index contributed by atoms with van der Waals surface area (Å²) in [5, 5.41) is 0. The average molecular weight is 229 g/mol. The first-order chi connectivity index (χ1) is 7.37. The Balaban J connectivity index is 2.33. The van der Waals surface area contributed by atoms with Gasteiger partial charge in [0.1, 0.15) is 5.41 Å². The van der Waals surface area contributed by atoms with Crippen molar-refractivity contribution in [2.24, 2.45) is 0 Å². The first-order valence-corrected chi connectivity index (χ1v) is 4.91.